The van der Waals surface area contributed by atoms with E-state index in [2.05, 4.69) is 15.3 Å². The first-order valence-corrected chi connectivity index (χ1v) is 5.95. The molecular weight excluding hydrogens is 212 g/mol. The number of amides is 1. The van der Waals surface area contributed by atoms with Crippen molar-refractivity contribution in [3.63, 3.8) is 0 Å². The molecule has 0 unspecified atom stereocenters. The molecule has 0 aliphatic heterocycles. The van der Waals surface area contributed by atoms with Crippen molar-refractivity contribution < 1.29 is 4.79 Å². The van der Waals surface area contributed by atoms with E-state index in [-0.39, 0.29) is 5.91 Å². The molecule has 0 saturated heterocycles. The second-order valence-corrected chi connectivity index (χ2v) is 3.96. The van der Waals surface area contributed by atoms with Crippen molar-refractivity contribution in [3.05, 3.63) is 18.6 Å². The van der Waals surface area contributed by atoms with Crippen LogP contribution in [0.1, 0.15) is 6.42 Å². The Hall–Kier alpha value is -1.14. The van der Waals surface area contributed by atoms with E-state index in [1.807, 2.05) is 6.26 Å². The van der Waals surface area contributed by atoms with Crippen molar-refractivity contribution in [1.82, 2.24) is 9.97 Å². The average Bonchev–Trinajstić information content (AvgIpc) is 2.27. The van der Waals surface area contributed by atoms with Crippen LogP contribution in [-0.4, -0.2) is 33.9 Å². The van der Waals surface area contributed by atoms with Crippen molar-refractivity contribution in [2.75, 3.05) is 17.3 Å². The van der Waals surface area contributed by atoms with Crippen LogP contribution in [0.3, 0.4) is 0 Å². The second-order valence-electron chi connectivity index (χ2n) is 2.97. The van der Waals surface area contributed by atoms with E-state index in [0.717, 1.165) is 5.75 Å². The summed E-state index contributed by atoms with van der Waals surface area (Å²) in [6.45, 7) is 0. The maximum atomic E-state index is 11.5. The molecule has 1 aromatic rings. The summed E-state index contributed by atoms with van der Waals surface area (Å²) in [4.78, 5) is 19.1. The monoisotopic (exact) mass is 226 g/mol. The standard InChI is InChI=1S/C9H14N4OS/c1-15-5-3-7(10)9(14)13-8-2-4-11-6-12-8/h2,4,6-7H,3,5,10H2,1H3,(H,11,12,13,14)/t7-/m0/s1. The summed E-state index contributed by atoms with van der Waals surface area (Å²) in [6.07, 6.45) is 5.59. The van der Waals surface area contributed by atoms with E-state index in [9.17, 15) is 4.79 Å². The molecule has 0 aliphatic rings. The number of nitrogens with two attached hydrogens (primary N) is 1. The lowest BCUT2D eigenvalue weighted by Gasteiger charge is -2.10. The van der Waals surface area contributed by atoms with E-state index in [0.29, 0.717) is 12.2 Å². The van der Waals surface area contributed by atoms with E-state index in [1.165, 1.54) is 6.33 Å². The summed E-state index contributed by atoms with van der Waals surface area (Å²) in [7, 11) is 0. The minimum atomic E-state index is -0.479. The fourth-order valence-electron chi connectivity index (χ4n) is 0.959. The van der Waals surface area contributed by atoms with Crippen LogP contribution in [0, 0.1) is 0 Å². The van der Waals surface area contributed by atoms with Gasteiger partial charge < -0.3 is 11.1 Å². The van der Waals surface area contributed by atoms with Gasteiger partial charge in [0.25, 0.3) is 0 Å². The maximum absolute atomic E-state index is 11.5. The minimum Gasteiger partial charge on any atom is -0.320 e. The van der Waals surface area contributed by atoms with Gasteiger partial charge in [-0.05, 0) is 24.5 Å². The Kier molecular flexibility index (Phi) is 5.06. The van der Waals surface area contributed by atoms with Crippen LogP contribution in [-0.2, 0) is 4.79 Å². The molecule has 1 amide bonds. The number of thioether (sulfide) groups is 1. The lowest BCUT2D eigenvalue weighted by Crippen LogP contribution is -2.36. The van der Waals surface area contributed by atoms with Crippen LogP contribution in [0.25, 0.3) is 0 Å². The Balaban J connectivity index is 2.42. The number of nitrogens with zero attached hydrogens (tertiary/aromatic N) is 2. The average molecular weight is 226 g/mol. The molecule has 0 fully saturated rings. The molecule has 1 rings (SSSR count). The van der Waals surface area contributed by atoms with E-state index in [1.54, 1.807) is 24.0 Å². The number of carbonyl (C=O) groups is 1. The number of carbonyl (C=O) groups excluding carboxylic acids is 1. The first kappa shape index (κ1) is 11.9. The third kappa shape index (κ3) is 4.26. The Morgan fingerprint density at radius 3 is 3.13 bits per heavy atom. The number of hydrogen-bond donors (Lipinski definition) is 2. The summed E-state index contributed by atoms with van der Waals surface area (Å²) in [5.41, 5.74) is 5.68. The number of anilines is 1. The fraction of sp³-hybridized carbons (Fsp3) is 0.444. The number of rotatable bonds is 5. The number of aromatic nitrogens is 2. The summed E-state index contributed by atoms with van der Waals surface area (Å²) < 4.78 is 0. The van der Waals surface area contributed by atoms with Gasteiger partial charge in [-0.15, -0.1) is 0 Å². The van der Waals surface area contributed by atoms with Gasteiger partial charge in [0, 0.05) is 6.20 Å². The van der Waals surface area contributed by atoms with E-state index >= 15 is 0 Å². The molecule has 0 spiro atoms. The van der Waals surface area contributed by atoms with Crippen molar-refractivity contribution >= 4 is 23.5 Å². The van der Waals surface area contributed by atoms with Gasteiger partial charge in [0.1, 0.15) is 12.1 Å². The van der Waals surface area contributed by atoms with Gasteiger partial charge in [0.05, 0.1) is 6.04 Å². The largest absolute Gasteiger partial charge is 0.320 e. The Labute approximate surface area is 92.9 Å². The van der Waals surface area contributed by atoms with Crippen LogP contribution in [0.4, 0.5) is 5.82 Å². The molecule has 0 aromatic carbocycles. The van der Waals surface area contributed by atoms with Gasteiger partial charge in [0.15, 0.2) is 0 Å². The zero-order valence-electron chi connectivity index (χ0n) is 8.51. The second kappa shape index (κ2) is 6.36. The van der Waals surface area contributed by atoms with Gasteiger partial charge in [-0.1, -0.05) is 0 Å². The summed E-state index contributed by atoms with van der Waals surface area (Å²) in [5.74, 6) is 1.15. The Bertz CT molecular complexity index is 306. The summed E-state index contributed by atoms with van der Waals surface area (Å²) >= 11 is 1.67. The number of hydrogen-bond acceptors (Lipinski definition) is 5. The molecule has 0 radical (unpaired) electrons. The molecule has 0 bridgehead atoms. The molecule has 0 saturated carbocycles. The van der Waals surface area contributed by atoms with Crippen LogP contribution in [0.2, 0.25) is 0 Å². The third-order valence-electron chi connectivity index (χ3n) is 1.80. The smallest absolute Gasteiger partial charge is 0.242 e. The highest BCUT2D eigenvalue weighted by Crippen LogP contribution is 2.02. The van der Waals surface area contributed by atoms with Crippen LogP contribution in [0.5, 0.6) is 0 Å². The summed E-state index contributed by atoms with van der Waals surface area (Å²) in [5, 5.41) is 2.63. The number of nitrogens with one attached hydrogen (secondary N) is 1. The molecule has 82 valence electrons. The first-order chi connectivity index (χ1) is 7.24. The lowest BCUT2D eigenvalue weighted by atomic mass is 10.2. The molecule has 0 aliphatic carbocycles. The highest BCUT2D eigenvalue weighted by molar-refractivity contribution is 7.98. The molecule has 1 heterocycles. The van der Waals surface area contributed by atoms with Gasteiger partial charge in [0.2, 0.25) is 5.91 Å². The molecule has 3 N–H and O–H groups in total. The van der Waals surface area contributed by atoms with E-state index in [4.69, 9.17) is 5.73 Å². The van der Waals surface area contributed by atoms with Crippen LogP contribution < -0.4 is 11.1 Å². The summed E-state index contributed by atoms with van der Waals surface area (Å²) in [6, 6.07) is 1.14. The normalized spacial score (nSPS) is 12.1. The van der Waals surface area contributed by atoms with Gasteiger partial charge >= 0.3 is 0 Å². The van der Waals surface area contributed by atoms with Crippen LogP contribution in [0.15, 0.2) is 18.6 Å². The van der Waals surface area contributed by atoms with Gasteiger partial charge in [-0.2, -0.15) is 11.8 Å². The highest BCUT2D eigenvalue weighted by atomic mass is 32.2. The Morgan fingerprint density at radius 2 is 2.53 bits per heavy atom. The van der Waals surface area contributed by atoms with Gasteiger partial charge in [-0.3, -0.25) is 4.79 Å². The topological polar surface area (TPSA) is 80.9 Å². The fourth-order valence-corrected chi connectivity index (χ4v) is 1.45. The molecular formula is C9H14N4OS. The molecule has 5 nitrogen and oxygen atoms in total. The molecule has 1 aromatic heterocycles. The van der Waals surface area contributed by atoms with Crippen molar-refractivity contribution in [2.45, 2.75) is 12.5 Å². The van der Waals surface area contributed by atoms with Crippen LogP contribution >= 0.6 is 11.8 Å². The quantitative estimate of drug-likeness (QED) is 0.764. The van der Waals surface area contributed by atoms with Crippen molar-refractivity contribution in [1.29, 1.82) is 0 Å². The molecule has 6 heteroatoms. The first-order valence-electron chi connectivity index (χ1n) is 4.55. The minimum absolute atomic E-state index is 0.206. The van der Waals surface area contributed by atoms with Crippen molar-refractivity contribution in [3.8, 4) is 0 Å². The predicted molar refractivity (Wildman–Crippen MR) is 61.6 cm³/mol. The van der Waals surface area contributed by atoms with Gasteiger partial charge in [-0.25, -0.2) is 9.97 Å². The zero-order valence-corrected chi connectivity index (χ0v) is 9.33. The Morgan fingerprint density at radius 1 is 1.73 bits per heavy atom. The van der Waals surface area contributed by atoms with Crippen molar-refractivity contribution in [2.24, 2.45) is 5.73 Å². The molecule has 15 heavy (non-hydrogen) atoms. The maximum Gasteiger partial charge on any atom is 0.242 e. The molecule has 1 atom stereocenters. The zero-order chi connectivity index (χ0) is 11.1. The SMILES string of the molecule is CSCC[C@H](N)C(=O)Nc1ccncn1. The third-order valence-corrected chi connectivity index (χ3v) is 2.45. The van der Waals surface area contributed by atoms with E-state index < -0.39 is 6.04 Å². The lowest BCUT2D eigenvalue weighted by molar-refractivity contribution is -0.117. The highest BCUT2D eigenvalue weighted by Gasteiger charge is 2.12. The predicted octanol–water partition coefficient (Wildman–Crippen LogP) is 0.495.